The van der Waals surface area contributed by atoms with Crippen molar-refractivity contribution < 1.29 is 4.39 Å². The van der Waals surface area contributed by atoms with Crippen molar-refractivity contribution in [1.29, 1.82) is 0 Å². The van der Waals surface area contributed by atoms with Crippen LogP contribution in [0.15, 0.2) is 36.4 Å². The predicted molar refractivity (Wildman–Crippen MR) is 70.0 cm³/mol. The van der Waals surface area contributed by atoms with E-state index in [1.165, 1.54) is 6.07 Å². The fourth-order valence-corrected chi connectivity index (χ4v) is 1.78. The van der Waals surface area contributed by atoms with Crippen molar-refractivity contribution >= 4 is 17.1 Å². The normalized spacial score (nSPS) is 10.3. The lowest BCUT2D eigenvalue weighted by atomic mass is 10.1. The second-order valence-corrected chi connectivity index (χ2v) is 4.17. The van der Waals surface area contributed by atoms with Crippen LogP contribution >= 0.6 is 0 Å². The van der Waals surface area contributed by atoms with E-state index in [-0.39, 0.29) is 5.82 Å². The van der Waals surface area contributed by atoms with Gasteiger partial charge in [-0.1, -0.05) is 6.07 Å². The standard InChI is InChI=1S/C14H15FN2/c1-9-6-11(16)8-12(7-9)17-14-5-3-4-13(15)10(14)2/h3-8,17H,16H2,1-2H3. The molecule has 0 amide bonds. The number of nitrogens with one attached hydrogen (secondary N) is 1. The Bertz CT molecular complexity index is 530. The molecule has 2 aromatic rings. The molecule has 3 heteroatoms. The van der Waals surface area contributed by atoms with Crippen molar-refractivity contribution in [3.05, 3.63) is 53.3 Å². The van der Waals surface area contributed by atoms with Crippen LogP contribution in [0.4, 0.5) is 21.5 Å². The Hall–Kier alpha value is -2.03. The highest BCUT2D eigenvalue weighted by atomic mass is 19.1. The van der Waals surface area contributed by atoms with Crippen molar-refractivity contribution in [3.8, 4) is 0 Å². The fraction of sp³-hybridized carbons (Fsp3) is 0.143. The van der Waals surface area contributed by atoms with E-state index < -0.39 is 0 Å². The topological polar surface area (TPSA) is 38.0 Å². The fourth-order valence-electron chi connectivity index (χ4n) is 1.78. The molecule has 0 aliphatic rings. The Kier molecular flexibility index (Phi) is 3.00. The number of aryl methyl sites for hydroxylation is 1. The third kappa shape index (κ3) is 2.56. The molecule has 0 radical (unpaired) electrons. The number of rotatable bonds is 2. The third-order valence-corrected chi connectivity index (χ3v) is 2.65. The molecular weight excluding hydrogens is 215 g/mol. The van der Waals surface area contributed by atoms with E-state index in [0.29, 0.717) is 11.3 Å². The van der Waals surface area contributed by atoms with Gasteiger partial charge in [0.05, 0.1) is 0 Å². The van der Waals surface area contributed by atoms with Crippen molar-refractivity contribution in [2.45, 2.75) is 13.8 Å². The van der Waals surface area contributed by atoms with Crippen LogP contribution in [-0.2, 0) is 0 Å². The van der Waals surface area contributed by atoms with E-state index in [2.05, 4.69) is 5.32 Å². The smallest absolute Gasteiger partial charge is 0.128 e. The van der Waals surface area contributed by atoms with E-state index in [9.17, 15) is 4.39 Å². The summed E-state index contributed by atoms with van der Waals surface area (Å²) in [5, 5.41) is 3.17. The molecule has 3 N–H and O–H groups in total. The van der Waals surface area contributed by atoms with Gasteiger partial charge in [0.2, 0.25) is 0 Å². The summed E-state index contributed by atoms with van der Waals surface area (Å²) in [5.74, 6) is -0.212. The molecule has 2 aromatic carbocycles. The Morgan fingerprint density at radius 3 is 2.59 bits per heavy atom. The van der Waals surface area contributed by atoms with Gasteiger partial charge in [-0.3, -0.25) is 0 Å². The van der Waals surface area contributed by atoms with Crippen LogP contribution < -0.4 is 11.1 Å². The molecule has 0 fully saturated rings. The molecule has 0 aliphatic heterocycles. The largest absolute Gasteiger partial charge is 0.399 e. The second-order valence-electron chi connectivity index (χ2n) is 4.17. The second kappa shape index (κ2) is 4.45. The van der Waals surface area contributed by atoms with Crippen molar-refractivity contribution in [3.63, 3.8) is 0 Å². The maximum atomic E-state index is 13.4. The molecule has 0 atom stereocenters. The first-order valence-electron chi connectivity index (χ1n) is 5.45. The highest BCUT2D eigenvalue weighted by Gasteiger charge is 2.04. The molecule has 0 saturated carbocycles. The van der Waals surface area contributed by atoms with Crippen LogP contribution in [0.5, 0.6) is 0 Å². The summed E-state index contributed by atoms with van der Waals surface area (Å²) in [6.45, 7) is 3.72. The molecule has 88 valence electrons. The van der Waals surface area contributed by atoms with Gasteiger partial charge in [-0.15, -0.1) is 0 Å². The van der Waals surface area contributed by atoms with E-state index in [0.717, 1.165) is 16.9 Å². The SMILES string of the molecule is Cc1cc(N)cc(Nc2cccc(F)c2C)c1. The van der Waals surface area contributed by atoms with E-state index >= 15 is 0 Å². The van der Waals surface area contributed by atoms with Crippen molar-refractivity contribution in [1.82, 2.24) is 0 Å². The maximum absolute atomic E-state index is 13.4. The maximum Gasteiger partial charge on any atom is 0.128 e. The monoisotopic (exact) mass is 230 g/mol. The van der Waals surface area contributed by atoms with Gasteiger partial charge in [-0.05, 0) is 49.7 Å². The Morgan fingerprint density at radius 2 is 1.88 bits per heavy atom. The first-order valence-corrected chi connectivity index (χ1v) is 5.45. The van der Waals surface area contributed by atoms with Crippen LogP contribution in [0.3, 0.4) is 0 Å². The van der Waals surface area contributed by atoms with Crippen LogP contribution in [0, 0.1) is 19.7 Å². The summed E-state index contributed by atoms with van der Waals surface area (Å²) in [6.07, 6.45) is 0. The summed E-state index contributed by atoms with van der Waals surface area (Å²) < 4.78 is 13.4. The zero-order valence-corrected chi connectivity index (χ0v) is 9.92. The average molecular weight is 230 g/mol. The average Bonchev–Trinajstić information content (AvgIpc) is 2.23. The molecular formula is C14H15FN2. The number of hydrogen-bond donors (Lipinski definition) is 2. The zero-order valence-electron chi connectivity index (χ0n) is 9.92. The molecule has 0 heterocycles. The van der Waals surface area contributed by atoms with Gasteiger partial charge in [0.1, 0.15) is 5.82 Å². The molecule has 0 unspecified atom stereocenters. The minimum absolute atomic E-state index is 0.212. The molecule has 2 nitrogen and oxygen atoms in total. The number of benzene rings is 2. The number of anilines is 3. The van der Waals surface area contributed by atoms with E-state index in [4.69, 9.17) is 5.73 Å². The van der Waals surface area contributed by atoms with E-state index in [1.807, 2.05) is 31.2 Å². The minimum atomic E-state index is -0.212. The number of nitrogens with two attached hydrogens (primary N) is 1. The lowest BCUT2D eigenvalue weighted by Gasteiger charge is -2.11. The summed E-state index contributed by atoms with van der Waals surface area (Å²) in [4.78, 5) is 0. The highest BCUT2D eigenvalue weighted by molar-refractivity contribution is 5.67. The van der Waals surface area contributed by atoms with Crippen LogP contribution in [0.2, 0.25) is 0 Å². The lowest BCUT2D eigenvalue weighted by Crippen LogP contribution is -1.97. The minimum Gasteiger partial charge on any atom is -0.399 e. The number of hydrogen-bond acceptors (Lipinski definition) is 2. The quantitative estimate of drug-likeness (QED) is 0.771. The van der Waals surface area contributed by atoms with Gasteiger partial charge in [-0.2, -0.15) is 0 Å². The van der Waals surface area contributed by atoms with Gasteiger partial charge in [-0.25, -0.2) is 4.39 Å². The Labute approximate surface area is 100 Å². The molecule has 0 bridgehead atoms. The first kappa shape index (κ1) is 11.5. The van der Waals surface area contributed by atoms with Crippen LogP contribution in [-0.4, -0.2) is 0 Å². The van der Waals surface area contributed by atoms with Gasteiger partial charge in [0, 0.05) is 22.6 Å². The van der Waals surface area contributed by atoms with Crippen LogP contribution in [0.25, 0.3) is 0 Å². The summed E-state index contributed by atoms with van der Waals surface area (Å²) in [6, 6.07) is 10.7. The molecule has 0 aromatic heterocycles. The van der Waals surface area contributed by atoms with Gasteiger partial charge in [0.15, 0.2) is 0 Å². The molecule has 0 spiro atoms. The summed E-state index contributed by atoms with van der Waals surface area (Å²) in [7, 11) is 0. The molecule has 0 saturated heterocycles. The van der Waals surface area contributed by atoms with Crippen LogP contribution in [0.1, 0.15) is 11.1 Å². The zero-order chi connectivity index (χ0) is 12.4. The Balaban J connectivity index is 2.34. The third-order valence-electron chi connectivity index (χ3n) is 2.65. The Morgan fingerprint density at radius 1 is 1.12 bits per heavy atom. The highest BCUT2D eigenvalue weighted by Crippen LogP contribution is 2.24. The van der Waals surface area contributed by atoms with E-state index in [1.54, 1.807) is 13.0 Å². The van der Waals surface area contributed by atoms with Gasteiger partial charge >= 0.3 is 0 Å². The molecule has 0 aliphatic carbocycles. The molecule has 17 heavy (non-hydrogen) atoms. The summed E-state index contributed by atoms with van der Waals surface area (Å²) in [5.41, 5.74) is 9.77. The molecule has 2 rings (SSSR count). The summed E-state index contributed by atoms with van der Waals surface area (Å²) >= 11 is 0. The van der Waals surface area contributed by atoms with Gasteiger partial charge in [0.25, 0.3) is 0 Å². The lowest BCUT2D eigenvalue weighted by molar-refractivity contribution is 0.619. The predicted octanol–water partition coefficient (Wildman–Crippen LogP) is 3.77. The van der Waals surface area contributed by atoms with Crippen molar-refractivity contribution in [2.24, 2.45) is 0 Å². The van der Waals surface area contributed by atoms with Crippen molar-refractivity contribution in [2.75, 3.05) is 11.1 Å². The first-order chi connectivity index (χ1) is 8.06. The van der Waals surface area contributed by atoms with Gasteiger partial charge < -0.3 is 11.1 Å². The number of nitrogen functional groups attached to an aromatic ring is 1. The number of halogens is 1.